The smallest absolute Gasteiger partial charge is 0.353 e. The van der Waals surface area contributed by atoms with Crippen molar-refractivity contribution in [2.24, 2.45) is 0 Å². The molecule has 0 aliphatic rings. The maximum atomic E-state index is 13.0. The fourth-order valence-electron chi connectivity index (χ4n) is 1.31. The molecule has 0 saturated carbocycles. The van der Waals surface area contributed by atoms with Crippen LogP contribution in [0, 0.1) is 11.6 Å². The van der Waals surface area contributed by atoms with Crippen LogP contribution in [0.4, 0.5) is 8.78 Å². The molecule has 0 amide bonds. The highest BCUT2D eigenvalue weighted by atomic mass is 19.2. The molecule has 1 heterocycles. The molecular weight excluding hydrogens is 234 g/mol. The van der Waals surface area contributed by atoms with Gasteiger partial charge in [-0.2, -0.15) is 5.10 Å². The number of carboxylic acids is 1. The second kappa shape index (κ2) is 3.85. The van der Waals surface area contributed by atoms with E-state index >= 15 is 0 Å². The van der Waals surface area contributed by atoms with Crippen molar-refractivity contribution in [3.8, 4) is 17.0 Å². The SMILES string of the molecule is O=C(O)c1cc(-c2cc(F)c(F)cc2O)n[nH]1. The third-order valence-corrected chi connectivity index (χ3v) is 2.12. The summed E-state index contributed by atoms with van der Waals surface area (Å²) in [7, 11) is 0. The number of aromatic hydroxyl groups is 1. The molecular formula is C10H6F2N2O3. The molecule has 0 saturated heterocycles. The summed E-state index contributed by atoms with van der Waals surface area (Å²) in [6.45, 7) is 0. The molecule has 5 nitrogen and oxygen atoms in total. The van der Waals surface area contributed by atoms with Crippen molar-refractivity contribution in [1.29, 1.82) is 0 Å². The minimum absolute atomic E-state index is 0.0128. The number of rotatable bonds is 2. The highest BCUT2D eigenvalue weighted by Gasteiger charge is 2.15. The summed E-state index contributed by atoms with van der Waals surface area (Å²) in [5.41, 5.74) is -0.296. The molecule has 1 aromatic carbocycles. The Kier molecular flexibility index (Phi) is 2.51. The second-order valence-corrected chi connectivity index (χ2v) is 3.26. The van der Waals surface area contributed by atoms with Gasteiger partial charge in [0.1, 0.15) is 11.4 Å². The normalized spacial score (nSPS) is 10.5. The highest BCUT2D eigenvalue weighted by molar-refractivity contribution is 5.87. The van der Waals surface area contributed by atoms with E-state index in [1.807, 2.05) is 0 Å². The molecule has 2 rings (SSSR count). The molecule has 0 aliphatic heterocycles. The molecule has 17 heavy (non-hydrogen) atoms. The number of hydrogen-bond acceptors (Lipinski definition) is 3. The van der Waals surface area contributed by atoms with Crippen LogP contribution in [0.3, 0.4) is 0 Å². The lowest BCUT2D eigenvalue weighted by molar-refractivity contribution is 0.0690. The van der Waals surface area contributed by atoms with Gasteiger partial charge in [0.15, 0.2) is 11.6 Å². The van der Waals surface area contributed by atoms with Crippen molar-refractivity contribution in [1.82, 2.24) is 10.2 Å². The number of benzene rings is 1. The van der Waals surface area contributed by atoms with E-state index in [1.165, 1.54) is 0 Å². The van der Waals surface area contributed by atoms with Crippen molar-refractivity contribution in [3.05, 3.63) is 35.5 Å². The number of hydrogen-bond donors (Lipinski definition) is 3. The first-order valence-electron chi connectivity index (χ1n) is 4.46. The average molecular weight is 240 g/mol. The van der Waals surface area contributed by atoms with Gasteiger partial charge in [-0.15, -0.1) is 0 Å². The number of carbonyl (C=O) groups is 1. The van der Waals surface area contributed by atoms with E-state index < -0.39 is 23.4 Å². The Hall–Kier alpha value is -2.44. The topological polar surface area (TPSA) is 86.2 Å². The summed E-state index contributed by atoms with van der Waals surface area (Å²) in [5.74, 6) is -4.11. The summed E-state index contributed by atoms with van der Waals surface area (Å²) in [6.07, 6.45) is 0. The zero-order valence-corrected chi connectivity index (χ0v) is 8.24. The van der Waals surface area contributed by atoms with Gasteiger partial charge in [0.25, 0.3) is 0 Å². The van der Waals surface area contributed by atoms with Gasteiger partial charge in [0, 0.05) is 11.6 Å². The summed E-state index contributed by atoms with van der Waals surface area (Å²) >= 11 is 0. The van der Waals surface area contributed by atoms with Gasteiger partial charge >= 0.3 is 5.97 Å². The standard InChI is InChI=1S/C10H6F2N2O3/c11-5-1-4(9(15)2-6(5)12)7-3-8(10(16)17)14-13-7/h1-3,15H,(H,13,14)(H,16,17). The van der Waals surface area contributed by atoms with Gasteiger partial charge in [-0.1, -0.05) is 0 Å². The number of aromatic amines is 1. The Balaban J connectivity index is 2.52. The minimum Gasteiger partial charge on any atom is -0.507 e. The van der Waals surface area contributed by atoms with E-state index in [0.717, 1.165) is 12.1 Å². The van der Waals surface area contributed by atoms with Crippen LogP contribution in [0.25, 0.3) is 11.3 Å². The summed E-state index contributed by atoms with van der Waals surface area (Å²) in [5, 5.41) is 23.8. The molecule has 0 radical (unpaired) electrons. The molecule has 0 fully saturated rings. The molecule has 88 valence electrons. The first-order chi connectivity index (χ1) is 7.99. The number of halogens is 2. The first kappa shape index (κ1) is 11.1. The van der Waals surface area contributed by atoms with Crippen LogP contribution >= 0.6 is 0 Å². The van der Waals surface area contributed by atoms with Gasteiger partial charge in [-0.05, 0) is 12.1 Å². The van der Waals surface area contributed by atoms with Crippen molar-refractivity contribution >= 4 is 5.97 Å². The van der Waals surface area contributed by atoms with Crippen LogP contribution in [0.1, 0.15) is 10.5 Å². The molecule has 1 aromatic heterocycles. The fraction of sp³-hybridized carbons (Fsp3) is 0. The number of phenolic OH excluding ortho intramolecular Hbond substituents is 1. The molecule has 7 heteroatoms. The Labute approximate surface area is 93.3 Å². The Morgan fingerprint density at radius 1 is 1.24 bits per heavy atom. The van der Waals surface area contributed by atoms with E-state index in [2.05, 4.69) is 10.2 Å². The monoisotopic (exact) mass is 240 g/mol. The lowest BCUT2D eigenvalue weighted by Crippen LogP contribution is -1.95. The Morgan fingerprint density at radius 2 is 1.88 bits per heavy atom. The molecule has 0 atom stereocenters. The van der Waals surface area contributed by atoms with Crippen LogP contribution in [0.2, 0.25) is 0 Å². The number of aromatic nitrogens is 2. The van der Waals surface area contributed by atoms with Crippen LogP contribution in [0.5, 0.6) is 5.75 Å². The first-order valence-corrected chi connectivity index (χ1v) is 4.46. The van der Waals surface area contributed by atoms with E-state index in [9.17, 15) is 18.7 Å². The zero-order chi connectivity index (χ0) is 12.6. The number of nitrogens with one attached hydrogen (secondary N) is 1. The van der Waals surface area contributed by atoms with Crippen LogP contribution in [0.15, 0.2) is 18.2 Å². The van der Waals surface area contributed by atoms with Crippen LogP contribution in [-0.4, -0.2) is 26.4 Å². The van der Waals surface area contributed by atoms with E-state index in [1.54, 1.807) is 0 Å². The summed E-state index contributed by atoms with van der Waals surface area (Å²) in [4.78, 5) is 10.6. The van der Waals surface area contributed by atoms with E-state index in [0.29, 0.717) is 6.07 Å². The van der Waals surface area contributed by atoms with Crippen LogP contribution < -0.4 is 0 Å². The molecule has 0 spiro atoms. The van der Waals surface area contributed by atoms with Crippen molar-refractivity contribution in [2.75, 3.05) is 0 Å². The summed E-state index contributed by atoms with van der Waals surface area (Å²) < 4.78 is 25.7. The number of H-pyrrole nitrogens is 1. The Bertz CT molecular complexity index is 595. The third kappa shape index (κ3) is 1.94. The van der Waals surface area contributed by atoms with Gasteiger partial charge in [0.2, 0.25) is 0 Å². The number of aromatic carboxylic acids is 1. The second-order valence-electron chi connectivity index (χ2n) is 3.26. The molecule has 0 unspecified atom stereocenters. The van der Waals surface area contributed by atoms with E-state index in [4.69, 9.17) is 5.11 Å². The number of phenols is 1. The maximum absolute atomic E-state index is 13.0. The van der Waals surface area contributed by atoms with Crippen LogP contribution in [-0.2, 0) is 0 Å². The fourth-order valence-corrected chi connectivity index (χ4v) is 1.31. The van der Waals surface area contributed by atoms with Crippen molar-refractivity contribution < 1.29 is 23.8 Å². The number of carboxylic acid groups (broad SMARTS) is 1. The molecule has 0 bridgehead atoms. The third-order valence-electron chi connectivity index (χ3n) is 2.12. The van der Waals surface area contributed by atoms with Gasteiger partial charge < -0.3 is 10.2 Å². The minimum atomic E-state index is -1.24. The predicted octanol–water partition coefficient (Wildman–Crippen LogP) is 1.76. The maximum Gasteiger partial charge on any atom is 0.353 e. The highest BCUT2D eigenvalue weighted by Crippen LogP contribution is 2.30. The van der Waals surface area contributed by atoms with Crippen molar-refractivity contribution in [3.63, 3.8) is 0 Å². The zero-order valence-electron chi connectivity index (χ0n) is 8.24. The lowest BCUT2D eigenvalue weighted by atomic mass is 10.1. The lowest BCUT2D eigenvalue weighted by Gasteiger charge is -2.01. The van der Waals surface area contributed by atoms with E-state index in [-0.39, 0.29) is 17.0 Å². The number of nitrogens with zero attached hydrogens (tertiary/aromatic N) is 1. The largest absolute Gasteiger partial charge is 0.507 e. The molecule has 2 aromatic rings. The molecule has 0 aliphatic carbocycles. The van der Waals surface area contributed by atoms with Crippen molar-refractivity contribution in [2.45, 2.75) is 0 Å². The van der Waals surface area contributed by atoms with Gasteiger partial charge in [-0.3, -0.25) is 5.10 Å². The summed E-state index contributed by atoms with van der Waals surface area (Å²) in [6, 6.07) is 2.45. The van der Waals surface area contributed by atoms with Gasteiger partial charge in [-0.25, -0.2) is 13.6 Å². The Morgan fingerprint density at radius 3 is 2.47 bits per heavy atom. The molecule has 3 N–H and O–H groups in total. The quantitative estimate of drug-likeness (QED) is 0.746. The van der Waals surface area contributed by atoms with Gasteiger partial charge in [0.05, 0.1) is 5.69 Å². The average Bonchev–Trinajstić information content (AvgIpc) is 2.72. The predicted molar refractivity (Wildman–Crippen MR) is 52.6 cm³/mol.